The van der Waals surface area contributed by atoms with Crippen molar-refractivity contribution in [1.29, 1.82) is 0 Å². The number of carbonyl (C=O) groups excluding carboxylic acids is 1. The third-order valence-corrected chi connectivity index (χ3v) is 3.86. The third kappa shape index (κ3) is 4.95. The van der Waals surface area contributed by atoms with Gasteiger partial charge in [0.05, 0.1) is 13.3 Å². The Hall–Kier alpha value is -3.60. The van der Waals surface area contributed by atoms with Gasteiger partial charge >= 0.3 is 0 Å². The highest BCUT2D eigenvalue weighted by Gasteiger charge is 2.05. The molecule has 5 nitrogen and oxygen atoms in total. The molecule has 1 N–H and O–H groups in total. The summed E-state index contributed by atoms with van der Waals surface area (Å²) < 4.78 is 11.1. The van der Waals surface area contributed by atoms with Gasteiger partial charge in [-0.3, -0.25) is 9.78 Å². The van der Waals surface area contributed by atoms with Crippen LogP contribution in [0.3, 0.4) is 0 Å². The lowest BCUT2D eigenvalue weighted by atomic mass is 10.2. The van der Waals surface area contributed by atoms with Crippen LogP contribution in [-0.4, -0.2) is 18.0 Å². The Morgan fingerprint density at radius 2 is 1.93 bits per heavy atom. The number of aromatic nitrogens is 1. The number of nitrogens with one attached hydrogen (secondary N) is 1. The van der Waals surface area contributed by atoms with E-state index >= 15 is 0 Å². The third-order valence-electron chi connectivity index (χ3n) is 3.86. The predicted molar refractivity (Wildman–Crippen MR) is 106 cm³/mol. The summed E-state index contributed by atoms with van der Waals surface area (Å²) in [5.74, 6) is 1.87. The number of methoxy groups -OCH3 is 1. The van der Waals surface area contributed by atoms with E-state index in [2.05, 4.69) is 10.3 Å². The maximum absolute atomic E-state index is 12.2. The zero-order valence-electron chi connectivity index (χ0n) is 15.2. The summed E-state index contributed by atoms with van der Waals surface area (Å²) in [7, 11) is 1.60. The van der Waals surface area contributed by atoms with E-state index < -0.39 is 0 Å². The molecule has 136 valence electrons. The molecule has 5 heteroatoms. The summed E-state index contributed by atoms with van der Waals surface area (Å²) in [6, 6.07) is 16.6. The van der Waals surface area contributed by atoms with E-state index in [4.69, 9.17) is 9.47 Å². The van der Waals surface area contributed by atoms with E-state index in [0.29, 0.717) is 22.9 Å². The molecule has 0 saturated heterocycles. The Morgan fingerprint density at radius 1 is 1.07 bits per heavy atom. The maximum Gasteiger partial charge on any atom is 0.248 e. The fourth-order valence-electron chi connectivity index (χ4n) is 2.53. The van der Waals surface area contributed by atoms with Crippen LogP contribution < -0.4 is 14.8 Å². The first-order chi connectivity index (χ1) is 13.2. The number of nitrogens with zero attached hydrogens (tertiary/aromatic N) is 1. The molecule has 1 amide bonds. The number of anilines is 1. The highest BCUT2D eigenvalue weighted by molar-refractivity contribution is 6.02. The standard InChI is InChI=1S/C22H20N2O3/c1-16-14-18(10-11-20(16)27-19-7-5-13-23-15-19)24-22(25)12-9-17-6-3-4-8-21(17)26-2/h3-15H,1-2H3,(H,24,25)/b12-9+. The summed E-state index contributed by atoms with van der Waals surface area (Å²) in [5.41, 5.74) is 2.44. The summed E-state index contributed by atoms with van der Waals surface area (Å²) >= 11 is 0. The molecule has 0 aliphatic rings. The molecule has 0 aliphatic carbocycles. The monoisotopic (exact) mass is 360 g/mol. The highest BCUT2D eigenvalue weighted by atomic mass is 16.5. The summed E-state index contributed by atoms with van der Waals surface area (Å²) in [6.07, 6.45) is 6.54. The zero-order valence-corrected chi connectivity index (χ0v) is 15.2. The first-order valence-electron chi connectivity index (χ1n) is 8.46. The van der Waals surface area contributed by atoms with Crippen LogP contribution >= 0.6 is 0 Å². The van der Waals surface area contributed by atoms with Gasteiger partial charge in [0.25, 0.3) is 0 Å². The molecule has 27 heavy (non-hydrogen) atoms. The van der Waals surface area contributed by atoms with Crippen LogP contribution in [0.4, 0.5) is 5.69 Å². The zero-order chi connectivity index (χ0) is 19.1. The van der Waals surface area contributed by atoms with Crippen molar-refractivity contribution >= 4 is 17.7 Å². The van der Waals surface area contributed by atoms with Crippen LogP contribution in [0.5, 0.6) is 17.2 Å². The fourth-order valence-corrected chi connectivity index (χ4v) is 2.53. The Balaban J connectivity index is 1.66. The van der Waals surface area contributed by atoms with Crippen LogP contribution in [-0.2, 0) is 4.79 Å². The van der Waals surface area contributed by atoms with Gasteiger partial charge in [-0.1, -0.05) is 18.2 Å². The molecule has 0 radical (unpaired) electrons. The molecule has 0 bridgehead atoms. The van der Waals surface area contributed by atoms with Crippen molar-refractivity contribution in [2.75, 3.05) is 12.4 Å². The number of hydrogen-bond donors (Lipinski definition) is 1. The smallest absolute Gasteiger partial charge is 0.248 e. The molecule has 3 aromatic rings. The summed E-state index contributed by atoms with van der Waals surface area (Å²) in [5, 5.41) is 2.85. The van der Waals surface area contributed by atoms with Crippen LogP contribution in [0.2, 0.25) is 0 Å². The molecule has 0 spiro atoms. The van der Waals surface area contributed by atoms with Crippen molar-refractivity contribution in [2.24, 2.45) is 0 Å². The molecule has 0 saturated carbocycles. The number of ether oxygens (including phenoxy) is 2. The SMILES string of the molecule is COc1ccccc1/C=C/C(=O)Nc1ccc(Oc2cccnc2)c(C)c1. The van der Waals surface area contributed by atoms with Crippen molar-refractivity contribution in [2.45, 2.75) is 6.92 Å². The van der Waals surface area contributed by atoms with E-state index in [0.717, 1.165) is 11.1 Å². The van der Waals surface area contributed by atoms with E-state index in [1.807, 2.05) is 55.5 Å². The Bertz CT molecular complexity index is 953. The average molecular weight is 360 g/mol. The van der Waals surface area contributed by atoms with Crippen LogP contribution in [0, 0.1) is 6.92 Å². The first kappa shape index (κ1) is 18.2. The topological polar surface area (TPSA) is 60.5 Å². The maximum atomic E-state index is 12.2. The number of amides is 1. The van der Waals surface area contributed by atoms with Gasteiger partial charge in [0.2, 0.25) is 5.91 Å². The van der Waals surface area contributed by atoms with Gasteiger partial charge in [0.15, 0.2) is 0 Å². The van der Waals surface area contributed by atoms with Gasteiger partial charge in [0, 0.05) is 23.5 Å². The molecule has 2 aromatic carbocycles. The lowest BCUT2D eigenvalue weighted by Gasteiger charge is -2.10. The van der Waals surface area contributed by atoms with Gasteiger partial charge in [-0.2, -0.15) is 0 Å². The van der Waals surface area contributed by atoms with Crippen molar-refractivity contribution in [3.8, 4) is 17.2 Å². The van der Waals surface area contributed by atoms with E-state index in [1.54, 1.807) is 31.6 Å². The molecule has 1 heterocycles. The molecule has 0 atom stereocenters. The minimum Gasteiger partial charge on any atom is -0.496 e. The van der Waals surface area contributed by atoms with E-state index in [9.17, 15) is 4.79 Å². The molecule has 1 aromatic heterocycles. The van der Waals surface area contributed by atoms with Crippen LogP contribution in [0.25, 0.3) is 6.08 Å². The van der Waals surface area contributed by atoms with Crippen molar-refractivity contribution in [1.82, 2.24) is 4.98 Å². The second kappa shape index (κ2) is 8.67. The normalized spacial score (nSPS) is 10.6. The molecule has 3 rings (SSSR count). The van der Waals surface area contributed by atoms with E-state index in [-0.39, 0.29) is 5.91 Å². The summed E-state index contributed by atoms with van der Waals surface area (Å²) in [6.45, 7) is 1.92. The molecular weight excluding hydrogens is 340 g/mol. The van der Waals surface area contributed by atoms with Crippen molar-refractivity contribution in [3.63, 3.8) is 0 Å². The summed E-state index contributed by atoms with van der Waals surface area (Å²) in [4.78, 5) is 16.2. The number of carbonyl (C=O) groups is 1. The number of benzene rings is 2. The lowest BCUT2D eigenvalue weighted by molar-refractivity contribution is -0.111. The van der Waals surface area contributed by atoms with Crippen LogP contribution in [0.1, 0.15) is 11.1 Å². The largest absolute Gasteiger partial charge is 0.496 e. The molecule has 0 fully saturated rings. The van der Waals surface area contributed by atoms with Crippen LogP contribution in [0.15, 0.2) is 73.1 Å². The fraction of sp³-hybridized carbons (Fsp3) is 0.0909. The number of hydrogen-bond acceptors (Lipinski definition) is 4. The number of para-hydroxylation sites is 1. The number of rotatable bonds is 6. The van der Waals surface area contributed by atoms with Crippen molar-refractivity contribution < 1.29 is 14.3 Å². The van der Waals surface area contributed by atoms with Gasteiger partial charge in [-0.15, -0.1) is 0 Å². The van der Waals surface area contributed by atoms with Gasteiger partial charge in [-0.05, 0) is 55.0 Å². The number of pyridine rings is 1. The van der Waals surface area contributed by atoms with E-state index in [1.165, 1.54) is 6.08 Å². The predicted octanol–water partition coefficient (Wildman–Crippen LogP) is 4.84. The Labute approximate surface area is 158 Å². The molecule has 0 unspecified atom stereocenters. The number of aryl methyl sites for hydroxylation is 1. The molecule has 0 aliphatic heterocycles. The Morgan fingerprint density at radius 3 is 2.67 bits per heavy atom. The quantitative estimate of drug-likeness (QED) is 0.639. The van der Waals surface area contributed by atoms with Gasteiger partial charge in [-0.25, -0.2) is 0 Å². The lowest BCUT2D eigenvalue weighted by Crippen LogP contribution is -2.08. The second-order valence-corrected chi connectivity index (χ2v) is 5.84. The second-order valence-electron chi connectivity index (χ2n) is 5.84. The minimum atomic E-state index is -0.221. The van der Waals surface area contributed by atoms with Crippen molar-refractivity contribution in [3.05, 3.63) is 84.2 Å². The van der Waals surface area contributed by atoms with Gasteiger partial charge < -0.3 is 14.8 Å². The first-order valence-corrected chi connectivity index (χ1v) is 8.46. The Kier molecular flexibility index (Phi) is 5.84. The average Bonchev–Trinajstić information content (AvgIpc) is 2.69. The van der Waals surface area contributed by atoms with Gasteiger partial charge in [0.1, 0.15) is 17.2 Å². The molecular formula is C22H20N2O3. The minimum absolute atomic E-state index is 0.221. The highest BCUT2D eigenvalue weighted by Crippen LogP contribution is 2.27.